The molecule has 5 heteroatoms. The van der Waals surface area contributed by atoms with E-state index in [2.05, 4.69) is 31.0 Å². The summed E-state index contributed by atoms with van der Waals surface area (Å²) >= 11 is 0. The molecule has 1 atom stereocenters. The van der Waals surface area contributed by atoms with E-state index < -0.39 is 0 Å². The predicted molar refractivity (Wildman–Crippen MR) is 85.9 cm³/mol. The molecule has 1 heterocycles. The van der Waals surface area contributed by atoms with E-state index in [1.807, 2.05) is 0 Å². The van der Waals surface area contributed by atoms with Gasteiger partial charge in [-0.15, -0.1) is 0 Å². The first-order valence-corrected chi connectivity index (χ1v) is 8.22. The number of nitrogens with zero attached hydrogens (tertiary/aromatic N) is 1. The Hall–Kier alpha value is -0.200. The fourth-order valence-corrected chi connectivity index (χ4v) is 2.74. The zero-order valence-electron chi connectivity index (χ0n) is 14.3. The molecule has 21 heavy (non-hydrogen) atoms. The lowest BCUT2D eigenvalue weighted by molar-refractivity contribution is 0.00794. The molecule has 1 N–H and O–H groups in total. The summed E-state index contributed by atoms with van der Waals surface area (Å²) in [7, 11) is 1.68. The van der Waals surface area contributed by atoms with Gasteiger partial charge in [0.1, 0.15) is 0 Å². The maximum absolute atomic E-state index is 5.68. The van der Waals surface area contributed by atoms with Crippen LogP contribution in [-0.4, -0.2) is 76.3 Å². The molecule has 0 saturated carbocycles. The number of rotatable bonds is 11. The van der Waals surface area contributed by atoms with Crippen LogP contribution in [0.25, 0.3) is 0 Å². The van der Waals surface area contributed by atoms with Gasteiger partial charge in [-0.2, -0.15) is 0 Å². The maximum atomic E-state index is 5.68. The first-order valence-electron chi connectivity index (χ1n) is 8.22. The lowest BCUT2D eigenvalue weighted by Gasteiger charge is -2.44. The molecule has 1 unspecified atom stereocenters. The number of piperazine rings is 1. The summed E-state index contributed by atoms with van der Waals surface area (Å²) < 4.78 is 16.0. The van der Waals surface area contributed by atoms with E-state index in [9.17, 15) is 0 Å². The molecule has 0 amide bonds. The standard InChI is InChI=1S/C16H34N2O3/c1-5-6-15-13-17-16(2,3)14-18(15)7-8-20-11-12-21-10-9-19-4/h15,17H,5-14H2,1-4H3. The second-order valence-corrected chi connectivity index (χ2v) is 6.40. The molecular formula is C16H34N2O3. The maximum Gasteiger partial charge on any atom is 0.0701 e. The fraction of sp³-hybridized carbons (Fsp3) is 1.00. The molecule has 1 aliphatic rings. The van der Waals surface area contributed by atoms with Gasteiger partial charge >= 0.3 is 0 Å². The number of hydrogen-bond acceptors (Lipinski definition) is 5. The monoisotopic (exact) mass is 302 g/mol. The SMILES string of the molecule is CCCC1CNC(C)(C)CN1CCOCCOCCOC. The first kappa shape index (κ1) is 18.8. The molecule has 1 fully saturated rings. The second-order valence-electron chi connectivity index (χ2n) is 6.40. The van der Waals surface area contributed by atoms with Crippen molar-refractivity contribution in [2.24, 2.45) is 0 Å². The number of methoxy groups -OCH3 is 1. The summed E-state index contributed by atoms with van der Waals surface area (Å²) in [6, 6.07) is 0.643. The summed E-state index contributed by atoms with van der Waals surface area (Å²) in [5.74, 6) is 0. The van der Waals surface area contributed by atoms with Gasteiger partial charge in [-0.05, 0) is 20.3 Å². The second kappa shape index (κ2) is 10.5. The van der Waals surface area contributed by atoms with E-state index in [0.717, 1.165) is 26.2 Å². The highest BCUT2D eigenvalue weighted by Gasteiger charge is 2.31. The Morgan fingerprint density at radius 1 is 1.10 bits per heavy atom. The predicted octanol–water partition coefficient (Wildman–Crippen LogP) is 1.52. The average Bonchev–Trinajstić information content (AvgIpc) is 2.44. The molecule has 0 bridgehead atoms. The summed E-state index contributed by atoms with van der Waals surface area (Å²) in [4.78, 5) is 2.58. The molecule has 0 aromatic rings. The van der Waals surface area contributed by atoms with Gasteiger partial charge in [0.05, 0.1) is 33.0 Å². The molecule has 126 valence electrons. The van der Waals surface area contributed by atoms with Crippen molar-refractivity contribution >= 4 is 0 Å². The third kappa shape index (κ3) is 8.12. The van der Waals surface area contributed by atoms with Crippen molar-refractivity contribution in [3.8, 4) is 0 Å². The Morgan fingerprint density at radius 3 is 2.43 bits per heavy atom. The van der Waals surface area contributed by atoms with Gasteiger partial charge < -0.3 is 19.5 Å². The third-order valence-electron chi connectivity index (χ3n) is 3.88. The van der Waals surface area contributed by atoms with E-state index in [0.29, 0.717) is 32.5 Å². The van der Waals surface area contributed by atoms with Crippen LogP contribution in [0, 0.1) is 0 Å². The minimum atomic E-state index is 0.202. The van der Waals surface area contributed by atoms with Crippen LogP contribution in [0.4, 0.5) is 0 Å². The van der Waals surface area contributed by atoms with E-state index >= 15 is 0 Å². The number of nitrogens with one attached hydrogen (secondary N) is 1. The van der Waals surface area contributed by atoms with E-state index in [1.165, 1.54) is 12.8 Å². The molecule has 0 radical (unpaired) electrons. The van der Waals surface area contributed by atoms with Crippen LogP contribution >= 0.6 is 0 Å². The molecule has 5 nitrogen and oxygen atoms in total. The van der Waals surface area contributed by atoms with Crippen LogP contribution in [0.2, 0.25) is 0 Å². The molecule has 0 aromatic heterocycles. The summed E-state index contributed by atoms with van der Waals surface area (Å²) in [6.07, 6.45) is 2.49. The number of hydrogen-bond donors (Lipinski definition) is 1. The van der Waals surface area contributed by atoms with Gasteiger partial charge in [0.15, 0.2) is 0 Å². The van der Waals surface area contributed by atoms with Gasteiger partial charge in [-0.3, -0.25) is 4.90 Å². The van der Waals surface area contributed by atoms with E-state index in [4.69, 9.17) is 14.2 Å². The van der Waals surface area contributed by atoms with Crippen LogP contribution in [0.15, 0.2) is 0 Å². The fourth-order valence-electron chi connectivity index (χ4n) is 2.74. The van der Waals surface area contributed by atoms with Crippen molar-refractivity contribution in [2.75, 3.05) is 59.8 Å². The zero-order valence-corrected chi connectivity index (χ0v) is 14.3. The summed E-state index contributed by atoms with van der Waals surface area (Å²) in [6.45, 7) is 13.4. The summed E-state index contributed by atoms with van der Waals surface area (Å²) in [5, 5.41) is 3.64. The molecule has 1 saturated heterocycles. The Bertz CT molecular complexity index is 262. The molecule has 1 rings (SSSR count). The van der Waals surface area contributed by atoms with Gasteiger partial charge in [0, 0.05) is 38.3 Å². The van der Waals surface area contributed by atoms with Gasteiger partial charge in [0.25, 0.3) is 0 Å². The quantitative estimate of drug-likeness (QED) is 0.586. The first-order chi connectivity index (χ1) is 10.1. The zero-order chi connectivity index (χ0) is 15.6. The minimum absolute atomic E-state index is 0.202. The van der Waals surface area contributed by atoms with Crippen molar-refractivity contribution in [1.29, 1.82) is 0 Å². The molecule has 0 spiro atoms. The molecular weight excluding hydrogens is 268 g/mol. The van der Waals surface area contributed by atoms with Crippen LogP contribution in [-0.2, 0) is 14.2 Å². The number of ether oxygens (including phenoxy) is 3. The lowest BCUT2D eigenvalue weighted by Crippen LogP contribution is -2.61. The third-order valence-corrected chi connectivity index (χ3v) is 3.88. The molecule has 0 aliphatic carbocycles. The van der Waals surface area contributed by atoms with Crippen molar-refractivity contribution in [1.82, 2.24) is 10.2 Å². The Balaban J connectivity index is 2.15. The molecule has 1 aliphatic heterocycles. The van der Waals surface area contributed by atoms with Crippen molar-refractivity contribution in [3.63, 3.8) is 0 Å². The van der Waals surface area contributed by atoms with Gasteiger partial charge in [0.2, 0.25) is 0 Å². The highest BCUT2D eigenvalue weighted by atomic mass is 16.5. The van der Waals surface area contributed by atoms with Crippen molar-refractivity contribution < 1.29 is 14.2 Å². The van der Waals surface area contributed by atoms with Crippen LogP contribution in [0.3, 0.4) is 0 Å². The highest BCUT2D eigenvalue weighted by molar-refractivity contribution is 4.91. The largest absolute Gasteiger partial charge is 0.382 e. The van der Waals surface area contributed by atoms with Crippen molar-refractivity contribution in [3.05, 3.63) is 0 Å². The van der Waals surface area contributed by atoms with E-state index in [-0.39, 0.29) is 5.54 Å². The van der Waals surface area contributed by atoms with E-state index in [1.54, 1.807) is 7.11 Å². The topological polar surface area (TPSA) is 43.0 Å². The Morgan fingerprint density at radius 2 is 1.76 bits per heavy atom. The van der Waals surface area contributed by atoms with Crippen molar-refractivity contribution in [2.45, 2.75) is 45.2 Å². The molecule has 0 aromatic carbocycles. The van der Waals surface area contributed by atoms with Gasteiger partial charge in [-0.1, -0.05) is 13.3 Å². The van der Waals surface area contributed by atoms with Crippen LogP contribution < -0.4 is 5.32 Å². The average molecular weight is 302 g/mol. The van der Waals surface area contributed by atoms with Gasteiger partial charge in [-0.25, -0.2) is 0 Å². The lowest BCUT2D eigenvalue weighted by atomic mass is 9.97. The van der Waals surface area contributed by atoms with Crippen LogP contribution in [0.5, 0.6) is 0 Å². The normalized spacial score (nSPS) is 22.6. The minimum Gasteiger partial charge on any atom is -0.382 e. The smallest absolute Gasteiger partial charge is 0.0701 e. The Kier molecular flexibility index (Phi) is 9.44. The summed E-state index contributed by atoms with van der Waals surface area (Å²) in [5.41, 5.74) is 0.202. The van der Waals surface area contributed by atoms with Crippen LogP contribution in [0.1, 0.15) is 33.6 Å². The Labute approximate surface area is 130 Å². The highest BCUT2D eigenvalue weighted by Crippen LogP contribution is 2.17.